The minimum absolute atomic E-state index is 0.0114. The first-order valence-electron chi connectivity index (χ1n) is 14.2. The molecule has 0 aromatic rings. The van der Waals surface area contributed by atoms with Crippen LogP contribution in [-0.4, -0.2) is 18.4 Å². The second-order valence-corrected chi connectivity index (χ2v) is 13.2. The van der Waals surface area contributed by atoms with Crippen molar-refractivity contribution in [2.24, 2.45) is 40.4 Å². The van der Waals surface area contributed by atoms with Crippen LogP contribution in [0.4, 0.5) is 4.79 Å². The maximum atomic E-state index is 12.0. The number of fused-ring (bicyclic) bond motifs is 5. The Morgan fingerprint density at radius 3 is 2.55 bits per heavy atom. The lowest BCUT2D eigenvalue weighted by atomic mass is 9.47. The molecule has 0 saturated heterocycles. The molecule has 0 amide bonds. The fourth-order valence-corrected chi connectivity index (χ4v) is 8.61. The molecule has 4 aliphatic rings. The highest BCUT2D eigenvalue weighted by Gasteiger charge is 2.58. The summed E-state index contributed by atoms with van der Waals surface area (Å²) >= 11 is 0. The van der Waals surface area contributed by atoms with Gasteiger partial charge in [0.2, 0.25) is 0 Å². The quantitative estimate of drug-likeness (QED) is 0.217. The molecule has 0 radical (unpaired) electrons. The van der Waals surface area contributed by atoms with E-state index in [-0.39, 0.29) is 12.2 Å². The van der Waals surface area contributed by atoms with Crippen molar-refractivity contribution >= 4 is 6.16 Å². The molecule has 7 atom stereocenters. The smallest absolute Gasteiger partial charge is 0.432 e. The lowest BCUT2D eigenvalue weighted by Crippen LogP contribution is -2.50. The maximum Gasteiger partial charge on any atom is 0.508 e. The molecule has 4 rings (SSSR count). The summed E-state index contributed by atoms with van der Waals surface area (Å²) in [6.07, 6.45) is 17.7. The Bertz CT molecular complexity index is 724. The first-order chi connectivity index (χ1) is 15.6. The summed E-state index contributed by atoms with van der Waals surface area (Å²) in [6, 6.07) is 0. The van der Waals surface area contributed by atoms with Crippen molar-refractivity contribution < 1.29 is 14.3 Å². The third-order valence-electron chi connectivity index (χ3n) is 10.4. The van der Waals surface area contributed by atoms with Crippen LogP contribution < -0.4 is 0 Å². The van der Waals surface area contributed by atoms with Crippen LogP contribution in [-0.2, 0) is 9.47 Å². The number of hydrogen-bond donors (Lipinski definition) is 0. The van der Waals surface area contributed by atoms with Gasteiger partial charge in [-0.25, -0.2) is 4.79 Å². The topological polar surface area (TPSA) is 35.5 Å². The molecule has 3 nitrogen and oxygen atoms in total. The van der Waals surface area contributed by atoms with Crippen molar-refractivity contribution in [2.75, 3.05) is 0 Å². The number of carbonyl (C=O) groups is 1. The highest BCUT2D eigenvalue weighted by molar-refractivity contribution is 5.60. The normalized spacial score (nSPS) is 40.1. The van der Waals surface area contributed by atoms with Crippen LogP contribution in [0.3, 0.4) is 0 Å². The highest BCUT2D eigenvalue weighted by Crippen LogP contribution is 2.66. The van der Waals surface area contributed by atoms with Gasteiger partial charge in [0, 0.05) is 6.42 Å². The van der Waals surface area contributed by atoms with Gasteiger partial charge in [-0.05, 0) is 106 Å². The predicted octanol–water partition coefficient (Wildman–Crippen LogP) is 8.71. The second-order valence-electron chi connectivity index (χ2n) is 13.2. The standard InChI is InChI=1S/C30H50O3/c1-20(2)9-7-8-10-22-12-14-26-25-13-11-23-19-24(33-28(31)32-21(3)4)15-17-30(23,6)27(25)16-18-29(22,26)5/h11,20-22,24-27H,7-10,12-19H2,1-6H3. The summed E-state index contributed by atoms with van der Waals surface area (Å²) in [7, 11) is 0. The van der Waals surface area contributed by atoms with E-state index in [2.05, 4.69) is 33.8 Å². The number of rotatable bonds is 7. The van der Waals surface area contributed by atoms with Gasteiger partial charge in [-0.3, -0.25) is 0 Å². The first-order valence-corrected chi connectivity index (χ1v) is 14.2. The number of hydrogen-bond acceptors (Lipinski definition) is 3. The molecular formula is C30H50O3. The van der Waals surface area contributed by atoms with E-state index < -0.39 is 6.16 Å². The van der Waals surface area contributed by atoms with Crippen LogP contribution in [0.25, 0.3) is 0 Å². The number of unbranched alkanes of at least 4 members (excludes halogenated alkanes) is 1. The zero-order chi connectivity index (χ0) is 23.8. The second kappa shape index (κ2) is 9.94. The van der Waals surface area contributed by atoms with Crippen molar-refractivity contribution in [2.45, 2.75) is 131 Å². The van der Waals surface area contributed by atoms with Crippen LogP contribution in [0.2, 0.25) is 0 Å². The fourth-order valence-electron chi connectivity index (χ4n) is 8.61. The van der Waals surface area contributed by atoms with Crippen molar-refractivity contribution in [1.29, 1.82) is 0 Å². The molecule has 3 heteroatoms. The van der Waals surface area contributed by atoms with E-state index in [4.69, 9.17) is 9.47 Å². The molecular weight excluding hydrogens is 408 g/mol. The molecule has 3 fully saturated rings. The number of ether oxygens (including phenoxy) is 2. The molecule has 0 aromatic carbocycles. The summed E-state index contributed by atoms with van der Waals surface area (Å²) in [5.41, 5.74) is 2.45. The predicted molar refractivity (Wildman–Crippen MR) is 135 cm³/mol. The fraction of sp³-hybridized carbons (Fsp3) is 0.900. The third kappa shape index (κ3) is 5.03. The Morgan fingerprint density at radius 1 is 1.03 bits per heavy atom. The lowest BCUT2D eigenvalue weighted by molar-refractivity contribution is -0.0579. The molecule has 0 bridgehead atoms. The molecule has 4 aliphatic carbocycles. The zero-order valence-corrected chi connectivity index (χ0v) is 22.3. The molecule has 3 saturated carbocycles. The van der Waals surface area contributed by atoms with Gasteiger partial charge in [0.25, 0.3) is 0 Å². The average molecular weight is 459 g/mol. The van der Waals surface area contributed by atoms with Gasteiger partial charge in [0.1, 0.15) is 6.10 Å². The van der Waals surface area contributed by atoms with E-state index in [0.29, 0.717) is 10.8 Å². The minimum atomic E-state index is -0.494. The van der Waals surface area contributed by atoms with Gasteiger partial charge in [-0.1, -0.05) is 58.6 Å². The maximum absolute atomic E-state index is 12.0. The summed E-state index contributed by atoms with van der Waals surface area (Å²) in [5.74, 6) is 4.39. The summed E-state index contributed by atoms with van der Waals surface area (Å²) in [4.78, 5) is 12.0. The van der Waals surface area contributed by atoms with Crippen LogP contribution in [0.1, 0.15) is 119 Å². The van der Waals surface area contributed by atoms with Gasteiger partial charge in [-0.15, -0.1) is 0 Å². The number of carbonyl (C=O) groups excluding carboxylic acids is 1. The molecule has 0 heterocycles. The summed E-state index contributed by atoms with van der Waals surface area (Å²) in [5, 5.41) is 0. The molecule has 0 spiro atoms. The monoisotopic (exact) mass is 458 g/mol. The van der Waals surface area contributed by atoms with E-state index in [9.17, 15) is 4.79 Å². The van der Waals surface area contributed by atoms with Gasteiger partial charge in [0.15, 0.2) is 0 Å². The third-order valence-corrected chi connectivity index (χ3v) is 10.4. The summed E-state index contributed by atoms with van der Waals surface area (Å²) in [6.45, 7) is 13.7. The molecule has 0 aromatic heterocycles. The Balaban J connectivity index is 1.40. The average Bonchev–Trinajstić information content (AvgIpc) is 3.07. The number of allylic oxidation sites excluding steroid dienone is 1. The van der Waals surface area contributed by atoms with Crippen LogP contribution in [0.5, 0.6) is 0 Å². The van der Waals surface area contributed by atoms with Crippen LogP contribution in [0, 0.1) is 40.4 Å². The van der Waals surface area contributed by atoms with Crippen molar-refractivity contribution in [1.82, 2.24) is 0 Å². The van der Waals surface area contributed by atoms with Gasteiger partial charge in [-0.2, -0.15) is 0 Å². The van der Waals surface area contributed by atoms with Crippen molar-refractivity contribution in [3.8, 4) is 0 Å². The minimum Gasteiger partial charge on any atom is -0.432 e. The van der Waals surface area contributed by atoms with Crippen LogP contribution >= 0.6 is 0 Å². The van der Waals surface area contributed by atoms with E-state index >= 15 is 0 Å². The van der Waals surface area contributed by atoms with E-state index in [0.717, 1.165) is 48.9 Å². The SMILES string of the molecule is CC(C)CCCCC1CCC2C3CC=C4CC(OC(=O)OC(C)C)CCC4(C)C3CCC12C. The van der Waals surface area contributed by atoms with E-state index in [1.807, 2.05) is 13.8 Å². The molecule has 0 aliphatic heterocycles. The lowest BCUT2D eigenvalue weighted by Gasteiger charge is -2.58. The van der Waals surface area contributed by atoms with Crippen LogP contribution in [0.15, 0.2) is 11.6 Å². The Hall–Kier alpha value is -0.990. The highest BCUT2D eigenvalue weighted by atomic mass is 16.7. The zero-order valence-electron chi connectivity index (χ0n) is 22.3. The summed E-state index contributed by atoms with van der Waals surface area (Å²) < 4.78 is 10.9. The van der Waals surface area contributed by atoms with Crippen molar-refractivity contribution in [3.05, 3.63) is 11.6 Å². The van der Waals surface area contributed by atoms with Gasteiger partial charge in [0.05, 0.1) is 6.10 Å². The van der Waals surface area contributed by atoms with E-state index in [1.54, 1.807) is 5.57 Å². The molecule has 33 heavy (non-hydrogen) atoms. The Kier molecular flexibility index (Phi) is 7.56. The Labute approximate surface area is 203 Å². The molecule has 0 N–H and O–H groups in total. The molecule has 188 valence electrons. The Morgan fingerprint density at radius 2 is 1.82 bits per heavy atom. The molecule has 7 unspecified atom stereocenters. The van der Waals surface area contributed by atoms with Gasteiger partial charge < -0.3 is 9.47 Å². The van der Waals surface area contributed by atoms with E-state index in [1.165, 1.54) is 57.8 Å². The van der Waals surface area contributed by atoms with Crippen molar-refractivity contribution in [3.63, 3.8) is 0 Å². The first kappa shape index (κ1) is 25.1. The van der Waals surface area contributed by atoms with Gasteiger partial charge >= 0.3 is 6.16 Å². The largest absolute Gasteiger partial charge is 0.508 e.